The van der Waals surface area contributed by atoms with E-state index in [1.165, 1.54) is 12.8 Å². The third-order valence-electron chi connectivity index (χ3n) is 6.37. The second-order valence-electron chi connectivity index (χ2n) is 8.83. The van der Waals surface area contributed by atoms with Crippen molar-refractivity contribution in [3.05, 3.63) is 42.0 Å². The van der Waals surface area contributed by atoms with Crippen molar-refractivity contribution in [1.29, 1.82) is 0 Å². The molecule has 1 aliphatic heterocycles. The first-order chi connectivity index (χ1) is 12.8. The summed E-state index contributed by atoms with van der Waals surface area (Å²) in [6.07, 6.45) is 4.59. The maximum absolute atomic E-state index is 12.6. The van der Waals surface area contributed by atoms with Gasteiger partial charge in [-0.15, -0.1) is 0 Å². The van der Waals surface area contributed by atoms with Crippen LogP contribution in [0.1, 0.15) is 63.7 Å². The highest BCUT2D eigenvalue weighted by Gasteiger charge is 2.52. The number of fused-ring (bicyclic) bond motifs is 1. The maximum atomic E-state index is 12.6. The van der Waals surface area contributed by atoms with Gasteiger partial charge in [0, 0.05) is 11.6 Å². The van der Waals surface area contributed by atoms with Crippen LogP contribution in [0.3, 0.4) is 0 Å². The van der Waals surface area contributed by atoms with E-state index in [9.17, 15) is 4.79 Å². The van der Waals surface area contributed by atoms with Gasteiger partial charge >= 0.3 is 7.12 Å². The topological polar surface area (TPSA) is 47.6 Å². The highest BCUT2D eigenvalue weighted by Crippen LogP contribution is 2.37. The zero-order valence-corrected chi connectivity index (χ0v) is 16.7. The number of hydrogen-bond acceptors (Lipinski definition) is 3. The molecule has 27 heavy (non-hydrogen) atoms. The van der Waals surface area contributed by atoms with Crippen LogP contribution < -0.4 is 10.8 Å². The number of carbonyl (C=O) groups excluding carboxylic acids is 1. The van der Waals surface area contributed by atoms with Crippen LogP contribution in [0.2, 0.25) is 0 Å². The zero-order chi connectivity index (χ0) is 19.2. The Balaban J connectivity index is 1.62. The lowest BCUT2D eigenvalue weighted by Gasteiger charge is -2.32. The Morgan fingerprint density at radius 2 is 1.70 bits per heavy atom. The molecule has 2 aromatic carbocycles. The standard InChI is InChI=1S/C22H28BNO3/c1-21(2)22(3,4)27-23(26-21)19-11-7-8-15-14-16(12-13-18(15)19)20(25)24-17-9-5-6-10-17/h7-8,11-14,17H,5-6,9-10H2,1-4H3,(H,24,25). The minimum atomic E-state index is -0.406. The van der Waals surface area contributed by atoms with Crippen molar-refractivity contribution in [3.63, 3.8) is 0 Å². The summed E-state index contributed by atoms with van der Waals surface area (Å²) in [5.41, 5.74) is 0.969. The summed E-state index contributed by atoms with van der Waals surface area (Å²) in [6.45, 7) is 8.24. The van der Waals surface area contributed by atoms with Crippen molar-refractivity contribution < 1.29 is 14.1 Å². The molecule has 0 atom stereocenters. The molecule has 4 rings (SSSR count). The van der Waals surface area contributed by atoms with Gasteiger partial charge in [-0.3, -0.25) is 4.79 Å². The van der Waals surface area contributed by atoms with Gasteiger partial charge in [0.05, 0.1) is 11.2 Å². The lowest BCUT2D eigenvalue weighted by molar-refractivity contribution is 0.00578. The Morgan fingerprint density at radius 1 is 1.04 bits per heavy atom. The number of amides is 1. The highest BCUT2D eigenvalue weighted by molar-refractivity contribution is 6.65. The third kappa shape index (κ3) is 3.39. The van der Waals surface area contributed by atoms with E-state index in [0.29, 0.717) is 11.6 Å². The average Bonchev–Trinajstić information content (AvgIpc) is 3.19. The summed E-state index contributed by atoms with van der Waals surface area (Å²) in [4.78, 5) is 12.6. The van der Waals surface area contributed by atoms with Crippen molar-refractivity contribution in [2.75, 3.05) is 0 Å². The molecule has 1 saturated carbocycles. The fourth-order valence-electron chi connectivity index (χ4n) is 3.96. The van der Waals surface area contributed by atoms with Crippen LogP contribution in [0.5, 0.6) is 0 Å². The second-order valence-corrected chi connectivity index (χ2v) is 8.83. The van der Waals surface area contributed by atoms with Gasteiger partial charge in [-0.25, -0.2) is 0 Å². The number of hydrogen-bond donors (Lipinski definition) is 1. The molecule has 0 radical (unpaired) electrons. The van der Waals surface area contributed by atoms with Crippen molar-refractivity contribution >= 4 is 29.3 Å². The first-order valence-corrected chi connectivity index (χ1v) is 9.96. The van der Waals surface area contributed by atoms with Gasteiger partial charge in [0.25, 0.3) is 5.91 Å². The molecule has 2 aromatic rings. The van der Waals surface area contributed by atoms with Crippen molar-refractivity contribution in [3.8, 4) is 0 Å². The van der Waals surface area contributed by atoms with E-state index in [4.69, 9.17) is 9.31 Å². The lowest BCUT2D eigenvalue weighted by atomic mass is 9.76. The molecule has 1 heterocycles. The molecule has 0 bridgehead atoms. The Morgan fingerprint density at radius 3 is 2.37 bits per heavy atom. The Labute approximate surface area is 161 Å². The molecule has 1 amide bonds. The van der Waals surface area contributed by atoms with Crippen LogP contribution >= 0.6 is 0 Å². The van der Waals surface area contributed by atoms with Gasteiger partial charge in [-0.1, -0.05) is 37.1 Å². The molecule has 1 saturated heterocycles. The van der Waals surface area contributed by atoms with Crippen LogP contribution in [0.15, 0.2) is 36.4 Å². The van der Waals surface area contributed by atoms with E-state index in [0.717, 1.165) is 29.1 Å². The lowest BCUT2D eigenvalue weighted by Crippen LogP contribution is -2.41. The van der Waals surface area contributed by atoms with E-state index in [1.807, 2.05) is 36.4 Å². The summed E-state index contributed by atoms with van der Waals surface area (Å²) < 4.78 is 12.4. The van der Waals surface area contributed by atoms with E-state index in [-0.39, 0.29) is 17.1 Å². The SMILES string of the molecule is CC1(C)OB(c2cccc3cc(C(=O)NC4CCCC4)ccc23)OC1(C)C. The minimum absolute atomic E-state index is 0.0184. The largest absolute Gasteiger partial charge is 0.495 e. The van der Waals surface area contributed by atoms with Crippen molar-refractivity contribution in [2.45, 2.75) is 70.6 Å². The first kappa shape index (κ1) is 18.5. The van der Waals surface area contributed by atoms with Gasteiger partial charge < -0.3 is 14.6 Å². The molecule has 0 aromatic heterocycles. The molecule has 5 heteroatoms. The van der Waals surface area contributed by atoms with Gasteiger partial charge in [0.2, 0.25) is 0 Å². The predicted octanol–water partition coefficient (Wildman–Crippen LogP) is 3.81. The van der Waals surface area contributed by atoms with Gasteiger partial charge in [0.1, 0.15) is 0 Å². The minimum Gasteiger partial charge on any atom is -0.399 e. The summed E-state index contributed by atoms with van der Waals surface area (Å²) >= 11 is 0. The smallest absolute Gasteiger partial charge is 0.399 e. The predicted molar refractivity (Wildman–Crippen MR) is 109 cm³/mol. The summed E-state index contributed by atoms with van der Waals surface area (Å²) in [7, 11) is -0.406. The molecule has 2 aliphatic rings. The van der Waals surface area contributed by atoms with Crippen LogP contribution in [-0.4, -0.2) is 30.3 Å². The molecule has 1 N–H and O–H groups in total. The van der Waals surface area contributed by atoms with Crippen LogP contribution in [-0.2, 0) is 9.31 Å². The molecule has 0 spiro atoms. The number of benzene rings is 2. The molecule has 142 valence electrons. The molecule has 2 fully saturated rings. The van der Waals surface area contributed by atoms with E-state index in [1.54, 1.807) is 0 Å². The molecule has 4 nitrogen and oxygen atoms in total. The monoisotopic (exact) mass is 365 g/mol. The number of carbonyl (C=O) groups is 1. The molecular weight excluding hydrogens is 337 g/mol. The molecule has 1 aliphatic carbocycles. The summed E-state index contributed by atoms with van der Waals surface area (Å²) in [6, 6.07) is 12.3. The normalized spacial score (nSPS) is 21.7. The van der Waals surface area contributed by atoms with Crippen molar-refractivity contribution in [2.24, 2.45) is 0 Å². The fraction of sp³-hybridized carbons (Fsp3) is 0.500. The van der Waals surface area contributed by atoms with E-state index in [2.05, 4.69) is 33.0 Å². The fourth-order valence-corrected chi connectivity index (χ4v) is 3.96. The van der Waals surface area contributed by atoms with E-state index < -0.39 is 7.12 Å². The second kappa shape index (κ2) is 6.64. The van der Waals surface area contributed by atoms with Gasteiger partial charge in [0.15, 0.2) is 0 Å². The Hall–Kier alpha value is -1.85. The summed E-state index contributed by atoms with van der Waals surface area (Å²) in [5, 5.41) is 5.26. The van der Waals surface area contributed by atoms with Crippen LogP contribution in [0.25, 0.3) is 10.8 Å². The van der Waals surface area contributed by atoms with Crippen molar-refractivity contribution in [1.82, 2.24) is 5.32 Å². The zero-order valence-electron chi connectivity index (χ0n) is 16.7. The summed E-state index contributed by atoms with van der Waals surface area (Å²) in [5.74, 6) is 0.0184. The Kier molecular flexibility index (Phi) is 4.56. The van der Waals surface area contributed by atoms with E-state index >= 15 is 0 Å². The van der Waals surface area contributed by atoms with Gasteiger partial charge in [-0.05, 0) is 68.9 Å². The molecule has 0 unspecified atom stereocenters. The molecular formula is C22H28BNO3. The number of nitrogens with one attached hydrogen (secondary N) is 1. The van der Waals surface area contributed by atoms with Gasteiger partial charge in [-0.2, -0.15) is 0 Å². The number of rotatable bonds is 3. The highest BCUT2D eigenvalue weighted by atomic mass is 16.7. The van der Waals surface area contributed by atoms with Crippen LogP contribution in [0.4, 0.5) is 0 Å². The average molecular weight is 365 g/mol. The maximum Gasteiger partial charge on any atom is 0.495 e. The third-order valence-corrected chi connectivity index (χ3v) is 6.37. The Bertz CT molecular complexity index is 855. The quantitative estimate of drug-likeness (QED) is 0.842. The van der Waals surface area contributed by atoms with Crippen LogP contribution in [0, 0.1) is 0 Å². The first-order valence-electron chi connectivity index (χ1n) is 9.96.